The number of carbonyl (C=O) groups excluding carboxylic acids is 4. The molecule has 20 heteroatoms. The van der Waals surface area contributed by atoms with Crippen LogP contribution in [0.2, 0.25) is 0 Å². The van der Waals surface area contributed by atoms with Gasteiger partial charge in [-0.25, -0.2) is 16.8 Å². The smallest absolute Gasteiger partial charge is 0.311 e. The largest absolute Gasteiger partial charge is 0.756 e. The molecule has 1 atom stereocenters. The van der Waals surface area contributed by atoms with Crippen molar-refractivity contribution in [3.8, 4) is 0 Å². The summed E-state index contributed by atoms with van der Waals surface area (Å²) in [5.74, 6) is -4.46. The van der Waals surface area contributed by atoms with Crippen molar-refractivity contribution in [1.82, 2.24) is 5.32 Å². The van der Waals surface area contributed by atoms with Gasteiger partial charge < -0.3 is 38.0 Å². The van der Waals surface area contributed by atoms with Crippen LogP contribution >= 0.6 is 7.82 Å². The molecule has 1 N–H and O–H groups in total. The van der Waals surface area contributed by atoms with E-state index in [-0.39, 0.29) is 60.6 Å². The summed E-state index contributed by atoms with van der Waals surface area (Å²) < 4.78 is 90.0. The molecule has 0 spiro atoms. The third-order valence-corrected chi connectivity index (χ3v) is 14.7. The number of nitrogens with one attached hydrogen (secondary N) is 1. The second-order valence-electron chi connectivity index (χ2n) is 18.4. The molecule has 0 aliphatic carbocycles. The van der Waals surface area contributed by atoms with Gasteiger partial charge in [-0.05, 0) is 86.2 Å². The van der Waals surface area contributed by atoms with E-state index in [9.17, 15) is 45.5 Å². The zero-order valence-electron chi connectivity index (χ0n) is 40.6. The van der Waals surface area contributed by atoms with Crippen molar-refractivity contribution in [2.75, 3.05) is 92.4 Å². The molecule has 3 aromatic rings. The van der Waals surface area contributed by atoms with Gasteiger partial charge in [-0.2, -0.15) is 0 Å². The van der Waals surface area contributed by atoms with Crippen molar-refractivity contribution in [1.29, 1.82) is 0 Å². The molecular formula is C47H69N2O15PS2. The molecule has 0 aliphatic rings. The third kappa shape index (κ3) is 21.3. The van der Waals surface area contributed by atoms with Gasteiger partial charge in [0.05, 0.1) is 79.0 Å². The molecule has 0 radical (unpaired) electrons. The van der Waals surface area contributed by atoms with Crippen LogP contribution in [0, 0.1) is 30.6 Å². The average Bonchev–Trinajstić information content (AvgIpc) is 3.22. The standard InChI is InChI=1S/C26H26O6S2.C21H43N2O9P/c1-18-4-12-24(13-5-18)33(29,30)16-23(17-34(31,32)25-14-6-19(2)7-15-25)26(28)22-10-8-21(9-11-22)20(3)27;1-20(2,18(24)29-14-13-28-11-9-22-5)17-21(3,4)19(25)30-15-16-32-33(26,27)31-12-10-23(6,7)8/h4-15,23H,16-17H2,1-3H3;22H,9-17H2,1-8H3. The van der Waals surface area contributed by atoms with Crippen molar-refractivity contribution in [2.24, 2.45) is 16.7 Å². The number of benzene rings is 3. The fraction of sp³-hybridized carbons (Fsp3) is 0.532. The molecule has 3 rings (SSSR count). The number of esters is 2. The topological polar surface area (TPSA) is 235 Å². The zero-order chi connectivity index (χ0) is 50.9. The molecule has 0 aromatic heterocycles. The molecule has 3 aromatic carbocycles. The Balaban J connectivity index is 0.000000461. The summed E-state index contributed by atoms with van der Waals surface area (Å²) in [7, 11) is -4.84. The van der Waals surface area contributed by atoms with Crippen molar-refractivity contribution in [3.63, 3.8) is 0 Å². The number of hydrogen-bond acceptors (Lipinski definition) is 16. The molecule has 0 fully saturated rings. The summed E-state index contributed by atoms with van der Waals surface area (Å²) in [5.41, 5.74) is 0.349. The molecule has 0 bridgehead atoms. The van der Waals surface area contributed by atoms with Crippen LogP contribution in [-0.2, 0) is 57.1 Å². The van der Waals surface area contributed by atoms with E-state index in [0.717, 1.165) is 11.1 Å². The van der Waals surface area contributed by atoms with Gasteiger partial charge in [-0.3, -0.25) is 23.7 Å². The number of sulfone groups is 2. The van der Waals surface area contributed by atoms with Gasteiger partial charge in [-0.15, -0.1) is 0 Å². The maximum absolute atomic E-state index is 13.3. The van der Waals surface area contributed by atoms with E-state index < -0.39 is 73.5 Å². The van der Waals surface area contributed by atoms with Crippen LogP contribution in [0.5, 0.6) is 0 Å². The van der Waals surface area contributed by atoms with E-state index in [1.165, 1.54) is 55.5 Å². The first-order chi connectivity index (χ1) is 30.9. The van der Waals surface area contributed by atoms with E-state index in [1.807, 2.05) is 42.0 Å². The number of aryl methyl sites for hydroxylation is 2. The Morgan fingerprint density at radius 2 is 1.07 bits per heavy atom. The van der Waals surface area contributed by atoms with Crippen LogP contribution in [0.1, 0.15) is 72.9 Å². The summed E-state index contributed by atoms with van der Waals surface area (Å²) in [4.78, 5) is 61.6. The van der Waals surface area contributed by atoms with Gasteiger partial charge in [0.2, 0.25) is 0 Å². The van der Waals surface area contributed by atoms with Crippen LogP contribution in [0.3, 0.4) is 0 Å². The molecule has 0 saturated carbocycles. The van der Waals surface area contributed by atoms with E-state index >= 15 is 0 Å². The van der Waals surface area contributed by atoms with E-state index in [0.29, 0.717) is 29.7 Å². The molecule has 0 aliphatic heterocycles. The van der Waals surface area contributed by atoms with Crippen LogP contribution in [0.4, 0.5) is 0 Å². The van der Waals surface area contributed by atoms with Crippen LogP contribution < -0.4 is 10.2 Å². The van der Waals surface area contributed by atoms with Crippen molar-refractivity contribution in [3.05, 3.63) is 95.1 Å². The number of hydrogen-bond donors (Lipinski definition) is 1. The molecule has 1 unspecified atom stereocenters. The lowest BCUT2D eigenvalue weighted by Crippen LogP contribution is -2.38. The Kier molecular flexibility index (Phi) is 22.9. The van der Waals surface area contributed by atoms with Crippen LogP contribution in [0.15, 0.2) is 82.6 Å². The first-order valence-electron chi connectivity index (χ1n) is 21.6. The van der Waals surface area contributed by atoms with E-state index in [1.54, 1.807) is 52.0 Å². The van der Waals surface area contributed by atoms with Gasteiger partial charge in [0.1, 0.15) is 26.4 Å². The second kappa shape index (κ2) is 26.0. The highest BCUT2D eigenvalue weighted by molar-refractivity contribution is 7.92. The molecular weight excluding hydrogens is 928 g/mol. The number of quaternary nitrogens is 1. The zero-order valence-corrected chi connectivity index (χ0v) is 43.1. The highest BCUT2D eigenvalue weighted by atomic mass is 32.2. The number of phosphoric acid groups is 1. The van der Waals surface area contributed by atoms with Crippen molar-refractivity contribution in [2.45, 2.75) is 64.7 Å². The number of ether oxygens (including phenoxy) is 3. The van der Waals surface area contributed by atoms with E-state index in [4.69, 9.17) is 23.3 Å². The number of nitrogens with zero attached hydrogens (tertiary/aromatic N) is 1. The number of likely N-dealkylation sites (N-methyl/N-ethyl adjacent to an activating group) is 2. The van der Waals surface area contributed by atoms with Crippen LogP contribution in [-0.4, -0.2) is 137 Å². The lowest BCUT2D eigenvalue weighted by molar-refractivity contribution is -0.870. The lowest BCUT2D eigenvalue weighted by atomic mass is 9.75. The van der Waals surface area contributed by atoms with Gasteiger partial charge >= 0.3 is 11.9 Å². The van der Waals surface area contributed by atoms with Crippen LogP contribution in [0.25, 0.3) is 0 Å². The molecule has 0 amide bonds. The van der Waals surface area contributed by atoms with Gasteiger partial charge in [0, 0.05) is 17.7 Å². The normalized spacial score (nSPS) is 13.3. The molecule has 67 heavy (non-hydrogen) atoms. The number of rotatable bonds is 27. The minimum absolute atomic E-state index is 0.00957. The monoisotopic (exact) mass is 996 g/mol. The van der Waals surface area contributed by atoms with Gasteiger partial charge in [0.25, 0.3) is 7.82 Å². The Bertz CT molecular complexity index is 2280. The number of Topliss-reactive ketones (excluding diaryl/α,β-unsaturated/α-hetero) is 2. The summed E-state index contributed by atoms with van der Waals surface area (Å²) in [5, 5.41) is 2.95. The first-order valence-corrected chi connectivity index (χ1v) is 26.4. The summed E-state index contributed by atoms with van der Waals surface area (Å²) in [6, 6.07) is 18.1. The maximum atomic E-state index is 13.3. The SMILES string of the molecule is CC(=O)c1ccc(C(=O)C(CS(=O)(=O)c2ccc(C)cc2)CS(=O)(=O)c2ccc(C)cc2)cc1.CNCCOCCOC(=O)C(C)(C)CC(C)(C)C(=O)OCCOP(=O)([O-])OCC[N+](C)(C)C. The lowest BCUT2D eigenvalue weighted by Gasteiger charge is -2.31. The van der Waals surface area contributed by atoms with Gasteiger partial charge in [-0.1, -0.05) is 59.7 Å². The van der Waals surface area contributed by atoms with E-state index in [2.05, 4.69) is 5.32 Å². The number of carbonyl (C=O) groups is 4. The van der Waals surface area contributed by atoms with Crippen molar-refractivity contribution >= 4 is 51.0 Å². The summed E-state index contributed by atoms with van der Waals surface area (Å²) in [6.45, 7) is 13.2. The minimum atomic E-state index is -4.47. The Morgan fingerprint density at radius 1 is 0.657 bits per heavy atom. The predicted molar refractivity (Wildman–Crippen MR) is 252 cm³/mol. The highest BCUT2D eigenvalue weighted by Crippen LogP contribution is 2.38. The quantitative estimate of drug-likeness (QED) is 0.0339. The molecule has 374 valence electrons. The molecule has 0 saturated heterocycles. The molecule has 0 heterocycles. The number of ketones is 2. The fourth-order valence-corrected chi connectivity index (χ4v) is 10.3. The van der Waals surface area contributed by atoms with Gasteiger partial charge in [0.15, 0.2) is 31.2 Å². The maximum Gasteiger partial charge on any atom is 0.311 e. The number of phosphoric ester groups is 1. The second-order valence-corrected chi connectivity index (χ2v) is 23.9. The summed E-state index contributed by atoms with van der Waals surface area (Å²) >= 11 is 0. The molecule has 17 nitrogen and oxygen atoms in total. The highest BCUT2D eigenvalue weighted by Gasteiger charge is 2.41. The third-order valence-electron chi connectivity index (χ3n) is 10.1. The predicted octanol–water partition coefficient (Wildman–Crippen LogP) is 5.21. The Labute approximate surface area is 396 Å². The first kappa shape index (κ1) is 59.0. The Hall–Kier alpha value is -4.17. The fourth-order valence-electron chi connectivity index (χ4n) is 6.37. The summed E-state index contributed by atoms with van der Waals surface area (Å²) in [6.07, 6.45) is 0.174. The Morgan fingerprint density at radius 3 is 1.49 bits per heavy atom. The van der Waals surface area contributed by atoms with Crippen molar-refractivity contribution < 1.29 is 73.2 Å². The average molecular weight is 997 g/mol. The minimum Gasteiger partial charge on any atom is -0.756 e.